The highest BCUT2D eigenvalue weighted by molar-refractivity contribution is 7.88. The maximum absolute atomic E-state index is 13.3. The molecule has 0 aromatic heterocycles. The lowest BCUT2D eigenvalue weighted by atomic mass is 10.3. The first kappa shape index (κ1) is 14.0. The largest absolute Gasteiger partial charge is 0.322 e. The van der Waals surface area contributed by atoms with Crippen LogP contribution in [0.15, 0.2) is 24.3 Å². The lowest BCUT2D eigenvalue weighted by Crippen LogP contribution is -2.38. The van der Waals surface area contributed by atoms with Gasteiger partial charge < -0.3 is 5.32 Å². The van der Waals surface area contributed by atoms with E-state index in [2.05, 4.69) is 5.32 Å². The Labute approximate surface area is 111 Å². The smallest absolute Gasteiger partial charge is 0.239 e. The number of hydrogen-bond donors (Lipinski definition) is 1. The van der Waals surface area contributed by atoms with Crippen LogP contribution in [0.25, 0.3) is 0 Å². The van der Waals surface area contributed by atoms with Crippen molar-refractivity contribution in [2.45, 2.75) is 18.9 Å². The molecule has 0 aliphatic heterocycles. The summed E-state index contributed by atoms with van der Waals surface area (Å²) in [7, 11) is -3.42. The first-order valence-corrected chi connectivity index (χ1v) is 7.74. The molecule has 1 aromatic carbocycles. The summed E-state index contributed by atoms with van der Waals surface area (Å²) in [5.74, 6) is -1.09. The lowest BCUT2D eigenvalue weighted by Gasteiger charge is -2.18. The molecule has 1 fully saturated rings. The third-order valence-corrected chi connectivity index (χ3v) is 4.11. The fourth-order valence-electron chi connectivity index (χ4n) is 1.77. The van der Waals surface area contributed by atoms with Crippen LogP contribution < -0.4 is 5.32 Å². The van der Waals surface area contributed by atoms with E-state index in [1.807, 2.05) is 0 Å². The Morgan fingerprint density at radius 3 is 2.58 bits per heavy atom. The van der Waals surface area contributed by atoms with Crippen molar-refractivity contribution in [3.8, 4) is 0 Å². The van der Waals surface area contributed by atoms with Gasteiger partial charge in [-0.15, -0.1) is 0 Å². The van der Waals surface area contributed by atoms with Crippen molar-refractivity contribution in [1.29, 1.82) is 0 Å². The number of sulfonamides is 1. The van der Waals surface area contributed by atoms with Crippen LogP contribution in [0.5, 0.6) is 0 Å². The number of para-hydroxylation sites is 1. The van der Waals surface area contributed by atoms with Gasteiger partial charge in [0.2, 0.25) is 15.9 Å². The summed E-state index contributed by atoms with van der Waals surface area (Å²) in [6.07, 6.45) is 2.60. The predicted octanol–water partition coefficient (Wildman–Crippen LogP) is 1.19. The zero-order valence-corrected chi connectivity index (χ0v) is 11.3. The van der Waals surface area contributed by atoms with E-state index in [9.17, 15) is 17.6 Å². The zero-order valence-electron chi connectivity index (χ0n) is 10.5. The molecule has 1 aliphatic carbocycles. The molecule has 0 atom stereocenters. The van der Waals surface area contributed by atoms with Gasteiger partial charge in [0, 0.05) is 6.04 Å². The first-order valence-electron chi connectivity index (χ1n) is 5.89. The van der Waals surface area contributed by atoms with Crippen molar-refractivity contribution in [3.05, 3.63) is 30.1 Å². The number of carbonyl (C=O) groups is 1. The van der Waals surface area contributed by atoms with Gasteiger partial charge >= 0.3 is 0 Å². The standard InChI is InChI=1S/C12H15FN2O3S/c1-19(17,18)15(9-6-7-9)8-12(16)14-11-5-3-2-4-10(11)13/h2-5,9H,6-8H2,1H3,(H,14,16). The van der Waals surface area contributed by atoms with Crippen molar-refractivity contribution in [3.63, 3.8) is 0 Å². The second-order valence-electron chi connectivity index (χ2n) is 4.57. The van der Waals surface area contributed by atoms with Crippen LogP contribution in [0.2, 0.25) is 0 Å². The Morgan fingerprint density at radius 2 is 2.05 bits per heavy atom. The van der Waals surface area contributed by atoms with E-state index in [0.717, 1.165) is 23.4 Å². The van der Waals surface area contributed by atoms with E-state index in [0.29, 0.717) is 0 Å². The van der Waals surface area contributed by atoms with Crippen LogP contribution in [0.3, 0.4) is 0 Å². The Kier molecular flexibility index (Phi) is 3.86. The van der Waals surface area contributed by atoms with Gasteiger partial charge in [0.1, 0.15) is 5.82 Å². The summed E-state index contributed by atoms with van der Waals surface area (Å²) in [5.41, 5.74) is 0.0525. The SMILES string of the molecule is CS(=O)(=O)N(CC(=O)Nc1ccccc1F)C1CC1. The molecule has 19 heavy (non-hydrogen) atoms. The van der Waals surface area contributed by atoms with Gasteiger partial charge in [-0.05, 0) is 25.0 Å². The highest BCUT2D eigenvalue weighted by atomic mass is 32.2. The molecule has 2 rings (SSSR count). The third kappa shape index (κ3) is 3.74. The molecule has 0 radical (unpaired) electrons. The molecule has 5 nitrogen and oxygen atoms in total. The van der Waals surface area contributed by atoms with E-state index in [4.69, 9.17) is 0 Å². The molecule has 0 spiro atoms. The van der Waals surface area contributed by atoms with Crippen molar-refractivity contribution in [2.24, 2.45) is 0 Å². The van der Waals surface area contributed by atoms with Gasteiger partial charge in [-0.25, -0.2) is 12.8 Å². The van der Waals surface area contributed by atoms with Gasteiger partial charge in [0.25, 0.3) is 0 Å². The second kappa shape index (κ2) is 5.26. The third-order valence-electron chi connectivity index (χ3n) is 2.83. The van der Waals surface area contributed by atoms with Crippen LogP contribution in [0.4, 0.5) is 10.1 Å². The van der Waals surface area contributed by atoms with E-state index in [1.54, 1.807) is 6.07 Å². The molecule has 7 heteroatoms. The van der Waals surface area contributed by atoms with E-state index >= 15 is 0 Å². The Morgan fingerprint density at radius 1 is 1.42 bits per heavy atom. The lowest BCUT2D eigenvalue weighted by molar-refractivity contribution is -0.116. The average Bonchev–Trinajstić information content (AvgIpc) is 3.11. The molecule has 1 aromatic rings. The highest BCUT2D eigenvalue weighted by Crippen LogP contribution is 2.28. The van der Waals surface area contributed by atoms with Gasteiger partial charge in [-0.3, -0.25) is 4.79 Å². The van der Waals surface area contributed by atoms with Crippen molar-refractivity contribution >= 4 is 21.6 Å². The summed E-state index contributed by atoms with van der Waals surface area (Å²) in [5, 5.41) is 2.38. The molecule has 1 N–H and O–H groups in total. The van der Waals surface area contributed by atoms with E-state index < -0.39 is 21.7 Å². The van der Waals surface area contributed by atoms with Gasteiger partial charge in [0.15, 0.2) is 0 Å². The number of benzene rings is 1. The van der Waals surface area contributed by atoms with Gasteiger partial charge in [0.05, 0.1) is 18.5 Å². The van der Waals surface area contributed by atoms with Crippen LogP contribution in [0.1, 0.15) is 12.8 Å². The number of carbonyl (C=O) groups excluding carboxylic acids is 1. The van der Waals surface area contributed by atoms with Crippen molar-refractivity contribution in [1.82, 2.24) is 4.31 Å². The molecule has 0 saturated heterocycles. The molecule has 1 amide bonds. The number of nitrogens with zero attached hydrogens (tertiary/aromatic N) is 1. The molecule has 1 aliphatic rings. The fourth-order valence-corrected chi connectivity index (χ4v) is 2.88. The van der Waals surface area contributed by atoms with E-state index in [1.165, 1.54) is 18.2 Å². The Hall–Kier alpha value is -1.47. The van der Waals surface area contributed by atoms with E-state index in [-0.39, 0.29) is 18.3 Å². The van der Waals surface area contributed by atoms with Crippen LogP contribution >= 0.6 is 0 Å². The first-order chi connectivity index (χ1) is 8.88. The minimum absolute atomic E-state index is 0.0525. The minimum atomic E-state index is -3.42. The quantitative estimate of drug-likeness (QED) is 0.884. The summed E-state index contributed by atoms with van der Waals surface area (Å²) in [6, 6.07) is 5.66. The monoisotopic (exact) mass is 286 g/mol. The summed E-state index contributed by atoms with van der Waals surface area (Å²) >= 11 is 0. The summed E-state index contributed by atoms with van der Waals surface area (Å²) in [6.45, 7) is -0.280. The predicted molar refractivity (Wildman–Crippen MR) is 69.6 cm³/mol. The zero-order chi connectivity index (χ0) is 14.0. The molecule has 1 saturated carbocycles. The minimum Gasteiger partial charge on any atom is -0.322 e. The number of anilines is 1. The van der Waals surface area contributed by atoms with Crippen LogP contribution in [0, 0.1) is 5.82 Å². The molecular formula is C12H15FN2O3S. The highest BCUT2D eigenvalue weighted by Gasteiger charge is 2.36. The van der Waals surface area contributed by atoms with Crippen LogP contribution in [-0.4, -0.2) is 37.5 Å². The average molecular weight is 286 g/mol. The second-order valence-corrected chi connectivity index (χ2v) is 6.50. The Bertz CT molecular complexity index is 584. The van der Waals surface area contributed by atoms with Crippen LogP contribution in [-0.2, 0) is 14.8 Å². The summed E-state index contributed by atoms with van der Waals surface area (Å²) < 4.78 is 37.6. The number of nitrogens with one attached hydrogen (secondary N) is 1. The van der Waals surface area contributed by atoms with Gasteiger partial charge in [-0.2, -0.15) is 4.31 Å². The molecular weight excluding hydrogens is 271 g/mol. The Balaban J connectivity index is 2.03. The molecule has 0 unspecified atom stereocenters. The topological polar surface area (TPSA) is 66.5 Å². The normalized spacial score (nSPS) is 15.5. The maximum atomic E-state index is 13.3. The summed E-state index contributed by atoms with van der Waals surface area (Å²) in [4.78, 5) is 11.8. The molecule has 0 bridgehead atoms. The van der Waals surface area contributed by atoms with Gasteiger partial charge in [-0.1, -0.05) is 12.1 Å². The fraction of sp³-hybridized carbons (Fsp3) is 0.417. The molecule has 0 heterocycles. The number of halogens is 1. The van der Waals surface area contributed by atoms with Crippen molar-refractivity contribution in [2.75, 3.05) is 18.1 Å². The number of amides is 1. The molecule has 104 valence electrons. The maximum Gasteiger partial charge on any atom is 0.239 e. The van der Waals surface area contributed by atoms with Crippen molar-refractivity contribution < 1.29 is 17.6 Å². The number of hydrogen-bond acceptors (Lipinski definition) is 3. The number of rotatable bonds is 5.